The molecule has 0 saturated heterocycles. The molecule has 0 aromatic rings. The van der Waals surface area contributed by atoms with Gasteiger partial charge in [-0.05, 0) is 48.7 Å². The van der Waals surface area contributed by atoms with Gasteiger partial charge in [0.25, 0.3) is 0 Å². The number of rotatable bonds is 0. The number of carbonyl (C=O) groups is 2. The van der Waals surface area contributed by atoms with E-state index in [1.54, 1.807) is 6.08 Å². The van der Waals surface area contributed by atoms with Gasteiger partial charge in [0.1, 0.15) is 5.78 Å². The molecule has 0 aromatic heterocycles. The number of hydrogen-bond acceptors (Lipinski definition) is 3. The van der Waals surface area contributed by atoms with Crippen molar-refractivity contribution in [2.24, 2.45) is 22.7 Å². The second kappa shape index (κ2) is 5.10. The lowest BCUT2D eigenvalue weighted by Gasteiger charge is -2.56. The van der Waals surface area contributed by atoms with Gasteiger partial charge < -0.3 is 0 Å². The van der Waals surface area contributed by atoms with Gasteiger partial charge in [-0.2, -0.15) is 5.26 Å². The molecule has 0 amide bonds. The minimum Gasteiger partial charge on any atom is -0.299 e. The number of fused-ring (bicyclic) bond motifs is 3. The Morgan fingerprint density at radius 3 is 2.73 bits per heavy atom. The van der Waals surface area contributed by atoms with Gasteiger partial charge in [0.2, 0.25) is 0 Å². The van der Waals surface area contributed by atoms with Gasteiger partial charge in [-0.1, -0.05) is 19.8 Å². The van der Waals surface area contributed by atoms with Gasteiger partial charge in [-0.15, -0.1) is 0 Å². The summed E-state index contributed by atoms with van der Waals surface area (Å²) in [5.74, 6) is 6.63. The predicted molar refractivity (Wildman–Crippen MR) is 82.4 cm³/mol. The van der Waals surface area contributed by atoms with Crippen LogP contribution in [0.4, 0.5) is 0 Å². The van der Waals surface area contributed by atoms with E-state index in [1.807, 2.05) is 13.0 Å². The Morgan fingerprint density at radius 1 is 1.23 bits per heavy atom. The van der Waals surface area contributed by atoms with E-state index in [0.717, 1.165) is 31.3 Å². The number of hydrogen-bond donors (Lipinski definition) is 0. The fraction of sp³-hybridized carbons (Fsp3) is 0.632. The molecule has 3 aliphatic rings. The van der Waals surface area contributed by atoms with E-state index in [-0.39, 0.29) is 22.5 Å². The molecule has 0 bridgehead atoms. The summed E-state index contributed by atoms with van der Waals surface area (Å²) in [6.45, 7) is 4.23. The van der Waals surface area contributed by atoms with Crippen molar-refractivity contribution in [1.82, 2.24) is 0 Å². The number of nitrogens with zero attached hydrogens (tertiary/aromatic N) is 1. The Balaban J connectivity index is 2.12. The van der Waals surface area contributed by atoms with E-state index >= 15 is 0 Å². The Labute approximate surface area is 131 Å². The van der Waals surface area contributed by atoms with E-state index in [2.05, 4.69) is 18.8 Å². The van der Waals surface area contributed by atoms with Crippen molar-refractivity contribution in [2.75, 3.05) is 0 Å². The first-order valence-corrected chi connectivity index (χ1v) is 8.12. The van der Waals surface area contributed by atoms with Crippen molar-refractivity contribution in [1.29, 1.82) is 5.26 Å². The number of carbonyl (C=O) groups excluding carboxylic acids is 2. The molecule has 0 aromatic carbocycles. The number of nitriles is 1. The quantitative estimate of drug-likeness (QED) is 0.645. The van der Waals surface area contributed by atoms with Gasteiger partial charge in [-0.25, -0.2) is 0 Å². The van der Waals surface area contributed by atoms with Crippen LogP contribution in [-0.2, 0) is 9.59 Å². The van der Waals surface area contributed by atoms with Crippen LogP contribution >= 0.6 is 0 Å². The number of allylic oxidation sites excluding steroid dienone is 2. The molecule has 3 aliphatic carbocycles. The molecule has 2 unspecified atom stereocenters. The summed E-state index contributed by atoms with van der Waals surface area (Å²) in [5.41, 5.74) is 0.649. The zero-order valence-electron chi connectivity index (χ0n) is 13.2. The van der Waals surface area contributed by atoms with Crippen LogP contribution in [0.25, 0.3) is 0 Å². The first-order chi connectivity index (χ1) is 10.4. The van der Waals surface area contributed by atoms with E-state index in [4.69, 9.17) is 5.26 Å². The van der Waals surface area contributed by atoms with Crippen LogP contribution in [0.5, 0.6) is 0 Å². The maximum absolute atomic E-state index is 12.1. The van der Waals surface area contributed by atoms with Gasteiger partial charge >= 0.3 is 0 Å². The summed E-state index contributed by atoms with van der Waals surface area (Å²) in [5, 5.41) is 8.85. The van der Waals surface area contributed by atoms with Crippen molar-refractivity contribution < 1.29 is 9.59 Å². The molecule has 2 fully saturated rings. The highest BCUT2D eigenvalue weighted by atomic mass is 16.1. The van der Waals surface area contributed by atoms with Crippen molar-refractivity contribution >= 4 is 11.6 Å². The predicted octanol–water partition coefficient (Wildman–Crippen LogP) is 3.20. The maximum atomic E-state index is 12.1. The van der Waals surface area contributed by atoms with Crippen LogP contribution in [-0.4, -0.2) is 11.6 Å². The molecule has 0 radical (unpaired) electrons. The Hall–Kier alpha value is -1.87. The average Bonchev–Trinajstić information content (AvgIpc) is 2.51. The summed E-state index contributed by atoms with van der Waals surface area (Å²) in [6.07, 6.45) is 6.23. The van der Waals surface area contributed by atoms with Crippen LogP contribution in [0.15, 0.2) is 11.6 Å². The summed E-state index contributed by atoms with van der Waals surface area (Å²) in [7, 11) is 0. The average molecular weight is 295 g/mol. The zero-order chi connectivity index (χ0) is 16.0. The SMILES string of the molecule is CC1C(=O)CC[C@]2(C)C3=CC(=O)CC[C@]3(C#CC#N)CCC12. The number of Topliss-reactive ketones (excluding diaryl/α,β-unsaturated/α-hetero) is 1. The molecule has 3 heteroatoms. The highest BCUT2D eigenvalue weighted by Crippen LogP contribution is 2.62. The van der Waals surface area contributed by atoms with Gasteiger partial charge in [0.15, 0.2) is 11.9 Å². The van der Waals surface area contributed by atoms with E-state index in [0.29, 0.717) is 24.5 Å². The normalized spacial score (nSPS) is 40.5. The molecule has 3 nitrogen and oxygen atoms in total. The second-order valence-corrected chi connectivity index (χ2v) is 7.29. The molecule has 0 aliphatic heterocycles. The smallest absolute Gasteiger partial charge is 0.155 e. The molecular weight excluding hydrogens is 274 g/mol. The molecule has 0 spiro atoms. The molecule has 2 saturated carbocycles. The molecule has 0 N–H and O–H groups in total. The summed E-state index contributed by atoms with van der Waals surface area (Å²) in [6, 6.07) is 1.93. The molecule has 0 heterocycles. The molecule has 114 valence electrons. The van der Waals surface area contributed by atoms with Crippen LogP contribution in [0.1, 0.15) is 52.4 Å². The summed E-state index contributed by atoms with van der Waals surface area (Å²) < 4.78 is 0. The van der Waals surface area contributed by atoms with Crippen LogP contribution in [0, 0.1) is 45.8 Å². The fourth-order valence-corrected chi connectivity index (χ4v) is 5.03. The van der Waals surface area contributed by atoms with E-state index < -0.39 is 0 Å². The fourth-order valence-electron chi connectivity index (χ4n) is 5.03. The molecular formula is C19H21NO2. The first-order valence-electron chi connectivity index (χ1n) is 8.12. The lowest BCUT2D eigenvalue weighted by atomic mass is 9.47. The molecule has 22 heavy (non-hydrogen) atoms. The number of ketones is 2. The topological polar surface area (TPSA) is 57.9 Å². The van der Waals surface area contributed by atoms with E-state index in [1.165, 1.54) is 0 Å². The Morgan fingerprint density at radius 2 is 2.00 bits per heavy atom. The minimum absolute atomic E-state index is 0.0543. The van der Waals surface area contributed by atoms with Gasteiger partial charge in [0, 0.05) is 24.7 Å². The zero-order valence-corrected chi connectivity index (χ0v) is 13.2. The third kappa shape index (κ3) is 2.03. The second-order valence-electron chi connectivity index (χ2n) is 7.29. The third-order valence-electron chi connectivity index (χ3n) is 6.29. The minimum atomic E-state index is -0.324. The van der Waals surface area contributed by atoms with Crippen LogP contribution in [0.3, 0.4) is 0 Å². The highest BCUT2D eigenvalue weighted by Gasteiger charge is 2.56. The van der Waals surface area contributed by atoms with Crippen molar-refractivity contribution in [2.45, 2.75) is 52.4 Å². The molecule has 3 rings (SSSR count). The maximum Gasteiger partial charge on any atom is 0.155 e. The van der Waals surface area contributed by atoms with E-state index in [9.17, 15) is 9.59 Å². The van der Waals surface area contributed by atoms with Crippen LogP contribution in [0.2, 0.25) is 0 Å². The lowest BCUT2D eigenvalue weighted by Crippen LogP contribution is -2.51. The molecule has 4 atom stereocenters. The monoisotopic (exact) mass is 295 g/mol. The highest BCUT2D eigenvalue weighted by molar-refractivity contribution is 5.92. The van der Waals surface area contributed by atoms with Crippen LogP contribution < -0.4 is 0 Å². The summed E-state index contributed by atoms with van der Waals surface area (Å²) >= 11 is 0. The standard InChI is InChI=1S/C19H21NO2/c1-13-15-5-10-19(7-3-11-20)9-4-14(21)12-17(19)18(15,2)8-6-16(13)22/h12-13,15H,4-6,8-10H2,1-2H3/t13?,15?,18-,19+/m0/s1. The lowest BCUT2D eigenvalue weighted by molar-refractivity contribution is -0.131. The Kier molecular flexibility index (Phi) is 3.48. The largest absolute Gasteiger partial charge is 0.299 e. The first kappa shape index (κ1) is 15.0. The van der Waals surface area contributed by atoms with Gasteiger partial charge in [0.05, 0.1) is 5.41 Å². The Bertz CT molecular complexity index is 672. The van der Waals surface area contributed by atoms with Crippen molar-refractivity contribution in [3.05, 3.63) is 11.6 Å². The van der Waals surface area contributed by atoms with Gasteiger partial charge in [-0.3, -0.25) is 9.59 Å². The van der Waals surface area contributed by atoms with Crippen molar-refractivity contribution in [3.8, 4) is 17.9 Å². The summed E-state index contributed by atoms with van der Waals surface area (Å²) in [4.78, 5) is 24.2. The third-order valence-corrected chi connectivity index (χ3v) is 6.29. The van der Waals surface area contributed by atoms with Crippen molar-refractivity contribution in [3.63, 3.8) is 0 Å².